The Bertz CT molecular complexity index is 912. The molecule has 140 valence electrons. The standard InChI is InChI=1S/C17H12F3N3O4/c1-10(15-22-9-23-27-15)16(24)26-13-4-2-3-12(7-13)25-14-6-5-11(8-21-14)17(18,19)20/h2-10H,1H3. The highest BCUT2D eigenvalue weighted by molar-refractivity contribution is 5.78. The fraction of sp³-hybridized carbons (Fsp3) is 0.176. The molecule has 3 aromatic rings. The fourth-order valence-electron chi connectivity index (χ4n) is 2.01. The number of hydrogen-bond acceptors (Lipinski definition) is 7. The highest BCUT2D eigenvalue weighted by Gasteiger charge is 2.30. The number of esters is 1. The highest BCUT2D eigenvalue weighted by atomic mass is 19.4. The molecular formula is C17H12F3N3O4. The maximum absolute atomic E-state index is 12.5. The lowest BCUT2D eigenvalue weighted by Crippen LogP contribution is -2.16. The van der Waals surface area contributed by atoms with Crippen molar-refractivity contribution < 1.29 is 32.0 Å². The van der Waals surface area contributed by atoms with Crippen LogP contribution in [0.25, 0.3) is 0 Å². The van der Waals surface area contributed by atoms with Crippen LogP contribution in [0, 0.1) is 0 Å². The Kier molecular flexibility index (Phi) is 5.06. The van der Waals surface area contributed by atoms with Gasteiger partial charge < -0.3 is 14.0 Å². The lowest BCUT2D eigenvalue weighted by Gasteiger charge is -2.10. The number of alkyl halides is 3. The molecule has 10 heteroatoms. The first-order chi connectivity index (χ1) is 12.8. The summed E-state index contributed by atoms with van der Waals surface area (Å²) < 4.78 is 53.1. The largest absolute Gasteiger partial charge is 0.439 e. The predicted octanol–water partition coefficient (Wildman–Crippen LogP) is 3.98. The minimum atomic E-state index is -4.48. The molecule has 0 aliphatic rings. The minimum absolute atomic E-state index is 0.0364. The van der Waals surface area contributed by atoms with Gasteiger partial charge in [-0.25, -0.2) is 4.98 Å². The summed E-state index contributed by atoms with van der Waals surface area (Å²) in [4.78, 5) is 19.5. The molecule has 1 atom stereocenters. The third-order valence-corrected chi connectivity index (χ3v) is 3.41. The third-order valence-electron chi connectivity index (χ3n) is 3.41. The molecule has 0 aliphatic heterocycles. The number of rotatable bonds is 5. The molecule has 1 unspecified atom stereocenters. The molecule has 2 heterocycles. The van der Waals surface area contributed by atoms with Crippen LogP contribution in [0.4, 0.5) is 13.2 Å². The molecule has 1 aromatic carbocycles. The number of carbonyl (C=O) groups is 1. The van der Waals surface area contributed by atoms with Gasteiger partial charge in [0.15, 0.2) is 6.33 Å². The van der Waals surface area contributed by atoms with Gasteiger partial charge in [-0.05, 0) is 25.1 Å². The molecular weight excluding hydrogens is 367 g/mol. The van der Waals surface area contributed by atoms with Gasteiger partial charge in [-0.2, -0.15) is 18.2 Å². The highest BCUT2D eigenvalue weighted by Crippen LogP contribution is 2.30. The van der Waals surface area contributed by atoms with Crippen molar-refractivity contribution in [1.29, 1.82) is 0 Å². The van der Waals surface area contributed by atoms with E-state index in [1.807, 2.05) is 0 Å². The Morgan fingerprint density at radius 2 is 1.93 bits per heavy atom. The average molecular weight is 379 g/mol. The first kappa shape index (κ1) is 18.4. The average Bonchev–Trinajstić information content (AvgIpc) is 3.15. The zero-order valence-corrected chi connectivity index (χ0v) is 13.8. The van der Waals surface area contributed by atoms with E-state index in [4.69, 9.17) is 14.0 Å². The molecule has 0 saturated carbocycles. The van der Waals surface area contributed by atoms with Gasteiger partial charge in [-0.3, -0.25) is 4.79 Å². The molecule has 0 N–H and O–H groups in total. The molecule has 0 fully saturated rings. The van der Waals surface area contributed by atoms with E-state index in [1.165, 1.54) is 24.5 Å². The van der Waals surface area contributed by atoms with E-state index >= 15 is 0 Å². The van der Waals surface area contributed by atoms with Crippen LogP contribution in [0.15, 0.2) is 53.4 Å². The quantitative estimate of drug-likeness (QED) is 0.489. The van der Waals surface area contributed by atoms with Gasteiger partial charge in [0, 0.05) is 18.3 Å². The second kappa shape index (κ2) is 7.44. The molecule has 0 amide bonds. The summed E-state index contributed by atoms with van der Waals surface area (Å²) in [5, 5.41) is 3.42. The smallest absolute Gasteiger partial charge is 0.417 e. The summed E-state index contributed by atoms with van der Waals surface area (Å²) in [5.41, 5.74) is -0.882. The zero-order chi connectivity index (χ0) is 19.4. The van der Waals surface area contributed by atoms with Crippen LogP contribution in [-0.4, -0.2) is 21.1 Å². The Hall–Kier alpha value is -3.43. The topological polar surface area (TPSA) is 87.3 Å². The second-order valence-corrected chi connectivity index (χ2v) is 5.38. The number of aromatic nitrogens is 3. The molecule has 0 aliphatic carbocycles. The molecule has 3 rings (SSSR count). The van der Waals surface area contributed by atoms with Crippen LogP contribution < -0.4 is 9.47 Å². The van der Waals surface area contributed by atoms with Crippen molar-refractivity contribution in [3.8, 4) is 17.4 Å². The second-order valence-electron chi connectivity index (χ2n) is 5.38. The molecule has 0 bridgehead atoms. The molecule has 7 nitrogen and oxygen atoms in total. The van der Waals surface area contributed by atoms with Gasteiger partial charge in [0.1, 0.15) is 17.4 Å². The van der Waals surface area contributed by atoms with Gasteiger partial charge in [0.05, 0.1) is 5.56 Å². The Morgan fingerprint density at radius 3 is 2.56 bits per heavy atom. The number of halogens is 3. The van der Waals surface area contributed by atoms with Gasteiger partial charge in [0.2, 0.25) is 11.8 Å². The molecule has 0 radical (unpaired) electrons. The van der Waals surface area contributed by atoms with Crippen LogP contribution in [-0.2, 0) is 11.0 Å². The maximum atomic E-state index is 12.5. The molecule has 0 spiro atoms. The van der Waals surface area contributed by atoms with Crippen LogP contribution in [0.2, 0.25) is 0 Å². The number of benzene rings is 1. The van der Waals surface area contributed by atoms with Crippen LogP contribution in [0.1, 0.15) is 24.3 Å². The van der Waals surface area contributed by atoms with Crippen molar-refractivity contribution in [2.45, 2.75) is 19.0 Å². The van der Waals surface area contributed by atoms with E-state index in [9.17, 15) is 18.0 Å². The van der Waals surface area contributed by atoms with E-state index < -0.39 is 23.6 Å². The van der Waals surface area contributed by atoms with Gasteiger partial charge >= 0.3 is 12.1 Å². The summed E-state index contributed by atoms with van der Waals surface area (Å²) in [6, 6.07) is 7.97. The number of nitrogens with zero attached hydrogens (tertiary/aromatic N) is 3. The first-order valence-electron chi connectivity index (χ1n) is 7.62. The molecule has 27 heavy (non-hydrogen) atoms. The van der Waals surface area contributed by atoms with Crippen LogP contribution in [0.3, 0.4) is 0 Å². The summed E-state index contributed by atoms with van der Waals surface area (Å²) in [6.07, 6.45) is -2.63. The molecule has 2 aromatic heterocycles. The minimum Gasteiger partial charge on any atom is -0.439 e. The number of ether oxygens (including phenoxy) is 2. The normalized spacial score (nSPS) is 12.4. The number of hydrogen-bond donors (Lipinski definition) is 0. The van der Waals surface area contributed by atoms with Crippen molar-refractivity contribution in [2.24, 2.45) is 0 Å². The van der Waals surface area contributed by atoms with Crippen molar-refractivity contribution >= 4 is 5.97 Å². The fourth-order valence-corrected chi connectivity index (χ4v) is 2.01. The summed E-state index contributed by atoms with van der Waals surface area (Å²) in [6.45, 7) is 1.54. The lowest BCUT2D eigenvalue weighted by molar-refractivity contribution is -0.138. The zero-order valence-electron chi connectivity index (χ0n) is 13.8. The Labute approximate surface area is 150 Å². The van der Waals surface area contributed by atoms with E-state index in [1.54, 1.807) is 13.0 Å². The SMILES string of the molecule is CC(C(=O)Oc1cccc(Oc2ccc(C(F)(F)F)cn2)c1)c1ncno1. The van der Waals surface area contributed by atoms with Crippen molar-refractivity contribution in [3.63, 3.8) is 0 Å². The monoisotopic (exact) mass is 379 g/mol. The van der Waals surface area contributed by atoms with E-state index in [0.29, 0.717) is 6.20 Å². The van der Waals surface area contributed by atoms with Crippen molar-refractivity contribution in [2.75, 3.05) is 0 Å². The summed E-state index contributed by atoms with van der Waals surface area (Å²) in [7, 11) is 0. The third kappa shape index (κ3) is 4.60. The van der Waals surface area contributed by atoms with Crippen molar-refractivity contribution in [1.82, 2.24) is 15.1 Å². The first-order valence-corrected chi connectivity index (χ1v) is 7.62. The Balaban J connectivity index is 1.67. The summed E-state index contributed by atoms with van der Waals surface area (Å²) in [5.74, 6) is -0.904. The number of pyridine rings is 1. The van der Waals surface area contributed by atoms with Gasteiger partial charge in [-0.1, -0.05) is 11.2 Å². The van der Waals surface area contributed by atoms with Gasteiger partial charge in [0.25, 0.3) is 0 Å². The lowest BCUT2D eigenvalue weighted by atomic mass is 10.2. The van der Waals surface area contributed by atoms with Gasteiger partial charge in [-0.15, -0.1) is 0 Å². The van der Waals surface area contributed by atoms with Crippen molar-refractivity contribution in [3.05, 3.63) is 60.4 Å². The predicted molar refractivity (Wildman–Crippen MR) is 84.1 cm³/mol. The maximum Gasteiger partial charge on any atom is 0.417 e. The van der Waals surface area contributed by atoms with E-state index in [2.05, 4.69) is 15.1 Å². The van der Waals surface area contributed by atoms with E-state index in [0.717, 1.165) is 12.1 Å². The van der Waals surface area contributed by atoms with Crippen LogP contribution in [0.5, 0.6) is 17.4 Å². The Morgan fingerprint density at radius 1 is 1.15 bits per heavy atom. The summed E-state index contributed by atoms with van der Waals surface area (Å²) >= 11 is 0. The van der Waals surface area contributed by atoms with Crippen LogP contribution >= 0.6 is 0 Å². The molecule has 0 saturated heterocycles. The van der Waals surface area contributed by atoms with E-state index in [-0.39, 0.29) is 23.3 Å². The number of carbonyl (C=O) groups excluding carboxylic acids is 1.